The quantitative estimate of drug-likeness (QED) is 0.278. The van der Waals surface area contributed by atoms with E-state index in [1.165, 1.54) is 6.42 Å². The molecular formula is C26H46F2N8O2. The molecule has 7 N–H and O–H groups in total. The monoisotopic (exact) mass is 540 g/mol. The number of carbonyl (C=O) groups is 2. The zero-order chi connectivity index (χ0) is 26.8. The summed E-state index contributed by atoms with van der Waals surface area (Å²) in [6, 6.07) is -0.697. The van der Waals surface area contributed by atoms with E-state index in [9.17, 15) is 14.0 Å². The van der Waals surface area contributed by atoms with E-state index in [4.69, 9.17) is 11.5 Å². The van der Waals surface area contributed by atoms with Crippen LogP contribution in [0.2, 0.25) is 0 Å². The average Bonchev–Trinajstić information content (AvgIpc) is 2.90. The predicted molar refractivity (Wildman–Crippen MR) is 140 cm³/mol. The van der Waals surface area contributed by atoms with E-state index in [0.717, 1.165) is 38.5 Å². The molecule has 0 bridgehead atoms. The number of alkyl halides is 2. The Hall–Kier alpha value is -1.44. The Morgan fingerprint density at radius 1 is 0.974 bits per heavy atom. The summed E-state index contributed by atoms with van der Waals surface area (Å²) in [5.41, 5.74) is 12.4. The van der Waals surface area contributed by atoms with Crippen molar-refractivity contribution in [3.8, 4) is 0 Å². The zero-order valence-corrected chi connectivity index (χ0v) is 22.4. The number of fused-ring (bicyclic) bond motifs is 1. The average molecular weight is 541 g/mol. The molecule has 10 nitrogen and oxygen atoms in total. The molecule has 0 aromatic heterocycles. The smallest absolute Gasteiger partial charge is 0.229 e. The molecule has 216 valence electrons. The maximum Gasteiger partial charge on any atom is 0.229 e. The molecule has 0 aromatic carbocycles. The molecule has 38 heavy (non-hydrogen) atoms. The number of hydrogen-bond acceptors (Lipinski definition) is 8. The fourth-order valence-electron chi connectivity index (χ4n) is 7.55. The number of nitrogens with one attached hydrogen (secondary N) is 3. The fourth-order valence-corrected chi connectivity index (χ4v) is 7.55. The van der Waals surface area contributed by atoms with E-state index in [1.54, 1.807) is 0 Å². The normalized spacial score (nSPS) is 37.2. The molecule has 2 amide bonds. The number of nitrogens with two attached hydrogens (primary N) is 2. The van der Waals surface area contributed by atoms with Crippen molar-refractivity contribution in [2.24, 2.45) is 17.4 Å². The van der Waals surface area contributed by atoms with Gasteiger partial charge in [0, 0.05) is 64.3 Å². The molecule has 4 heterocycles. The van der Waals surface area contributed by atoms with Gasteiger partial charge in [-0.2, -0.15) is 0 Å². The summed E-state index contributed by atoms with van der Waals surface area (Å²) < 4.78 is 29.9. The molecule has 5 rings (SSSR count). The summed E-state index contributed by atoms with van der Waals surface area (Å²) >= 11 is 0. The number of piperidine rings is 2. The molecule has 5 aliphatic rings. The Bertz CT molecular complexity index is 831. The first-order chi connectivity index (χ1) is 18.3. The third-order valence-corrected chi connectivity index (χ3v) is 9.41. The minimum atomic E-state index is -1.16. The van der Waals surface area contributed by atoms with E-state index >= 15 is 4.39 Å². The van der Waals surface area contributed by atoms with Crippen LogP contribution in [0.3, 0.4) is 0 Å². The molecule has 0 radical (unpaired) electrons. The van der Waals surface area contributed by atoms with Gasteiger partial charge in [-0.1, -0.05) is 19.3 Å². The van der Waals surface area contributed by atoms with Crippen molar-refractivity contribution in [3.05, 3.63) is 0 Å². The van der Waals surface area contributed by atoms with Crippen LogP contribution in [0.5, 0.6) is 0 Å². The standard InChI is InChI=1S/C26H46F2N8O2/c27-16-11-32-25(36(14-16)17-5-2-1-3-6-17)22(24(29)30)26(38)33-20-13-31-12-19(28)23(20)34-9-10-35-18(15-34)7-4-8-21(35)37/h16-20,22-25,31-32H,1-15,29-30H2,(H,33,38). The molecule has 7 atom stereocenters. The van der Waals surface area contributed by atoms with Crippen molar-refractivity contribution in [2.45, 2.75) is 100 Å². The Balaban J connectivity index is 1.30. The van der Waals surface area contributed by atoms with Crippen LogP contribution in [-0.2, 0) is 9.59 Å². The Labute approximate surface area is 224 Å². The second kappa shape index (κ2) is 12.4. The van der Waals surface area contributed by atoms with Crippen molar-refractivity contribution in [1.29, 1.82) is 0 Å². The number of nitrogens with zero attached hydrogens (tertiary/aromatic N) is 3. The van der Waals surface area contributed by atoms with Crippen molar-refractivity contribution in [2.75, 3.05) is 45.8 Å². The molecule has 4 aliphatic heterocycles. The molecule has 12 heteroatoms. The number of hydrogen-bond donors (Lipinski definition) is 5. The summed E-state index contributed by atoms with van der Waals surface area (Å²) in [6.45, 7) is 2.84. The second-order valence-corrected chi connectivity index (χ2v) is 12.0. The maximum absolute atomic E-state index is 15.4. The number of amides is 2. The summed E-state index contributed by atoms with van der Waals surface area (Å²) in [4.78, 5) is 32.3. The van der Waals surface area contributed by atoms with Gasteiger partial charge < -0.3 is 27.0 Å². The van der Waals surface area contributed by atoms with E-state index in [0.29, 0.717) is 32.6 Å². The first-order valence-electron chi connectivity index (χ1n) is 14.7. The van der Waals surface area contributed by atoms with Crippen LogP contribution >= 0.6 is 0 Å². The molecule has 1 aliphatic carbocycles. The van der Waals surface area contributed by atoms with Crippen LogP contribution in [-0.4, -0.2) is 121 Å². The topological polar surface area (TPSA) is 132 Å². The number of piperazine rings is 1. The maximum atomic E-state index is 15.4. The molecule has 4 saturated heterocycles. The van der Waals surface area contributed by atoms with Crippen molar-refractivity contribution < 1.29 is 18.4 Å². The van der Waals surface area contributed by atoms with Gasteiger partial charge >= 0.3 is 0 Å². The van der Waals surface area contributed by atoms with Gasteiger partial charge in [0.05, 0.1) is 30.3 Å². The third kappa shape index (κ3) is 6.00. The summed E-state index contributed by atoms with van der Waals surface area (Å²) in [7, 11) is 0. The van der Waals surface area contributed by atoms with Gasteiger partial charge in [-0.25, -0.2) is 8.78 Å². The highest BCUT2D eigenvalue weighted by molar-refractivity contribution is 5.80. The van der Waals surface area contributed by atoms with E-state index < -0.39 is 42.7 Å². The van der Waals surface area contributed by atoms with E-state index in [1.807, 2.05) is 4.90 Å². The Kier molecular flexibility index (Phi) is 9.16. The van der Waals surface area contributed by atoms with E-state index in [2.05, 4.69) is 25.8 Å². The Morgan fingerprint density at radius 3 is 2.50 bits per heavy atom. The van der Waals surface area contributed by atoms with Crippen molar-refractivity contribution >= 4 is 11.8 Å². The summed E-state index contributed by atoms with van der Waals surface area (Å²) in [5.74, 6) is -0.948. The van der Waals surface area contributed by atoms with E-state index in [-0.39, 0.29) is 43.5 Å². The lowest BCUT2D eigenvalue weighted by Crippen LogP contribution is -2.72. The lowest BCUT2D eigenvalue weighted by Gasteiger charge is -2.50. The van der Waals surface area contributed by atoms with Crippen molar-refractivity contribution in [3.63, 3.8) is 0 Å². The molecule has 5 fully saturated rings. The van der Waals surface area contributed by atoms with Gasteiger partial charge in [0.15, 0.2) is 0 Å². The minimum Gasteiger partial charge on any atom is -0.350 e. The second-order valence-electron chi connectivity index (χ2n) is 12.0. The van der Waals surface area contributed by atoms with Gasteiger partial charge in [-0.05, 0) is 25.7 Å². The molecule has 0 aromatic rings. The van der Waals surface area contributed by atoms with Crippen LogP contribution in [0, 0.1) is 5.92 Å². The highest BCUT2D eigenvalue weighted by Crippen LogP contribution is 2.30. The molecular weight excluding hydrogens is 494 g/mol. The van der Waals surface area contributed by atoms with Gasteiger partial charge in [-0.15, -0.1) is 0 Å². The fraction of sp³-hybridized carbons (Fsp3) is 0.923. The van der Waals surface area contributed by atoms with Crippen LogP contribution in [0.1, 0.15) is 51.4 Å². The van der Waals surface area contributed by atoms with Crippen LogP contribution in [0.15, 0.2) is 0 Å². The van der Waals surface area contributed by atoms with Gasteiger partial charge in [0.1, 0.15) is 12.3 Å². The highest BCUT2D eigenvalue weighted by atomic mass is 19.1. The molecule has 0 spiro atoms. The summed E-state index contributed by atoms with van der Waals surface area (Å²) in [6.07, 6.45) is 4.04. The zero-order valence-electron chi connectivity index (χ0n) is 22.4. The van der Waals surface area contributed by atoms with Crippen molar-refractivity contribution in [1.82, 2.24) is 30.7 Å². The SMILES string of the molecule is NC(N)C(C(=O)NC1CNCC(F)C1N1CCN2C(=O)CCCC2C1)C1NCC(F)CN1C1CCCCC1. The van der Waals surface area contributed by atoms with Crippen LogP contribution < -0.4 is 27.4 Å². The minimum absolute atomic E-state index is 0.0952. The lowest BCUT2D eigenvalue weighted by atomic mass is 9.89. The predicted octanol–water partition coefficient (Wildman–Crippen LogP) is -0.760. The Morgan fingerprint density at radius 2 is 1.74 bits per heavy atom. The lowest BCUT2D eigenvalue weighted by molar-refractivity contribution is -0.141. The molecule has 7 unspecified atom stereocenters. The van der Waals surface area contributed by atoms with Gasteiger partial charge in [0.25, 0.3) is 0 Å². The van der Waals surface area contributed by atoms with Crippen LogP contribution in [0.4, 0.5) is 8.78 Å². The first kappa shape index (κ1) is 28.1. The van der Waals surface area contributed by atoms with Crippen LogP contribution in [0.25, 0.3) is 0 Å². The van der Waals surface area contributed by atoms with Gasteiger partial charge in [0.2, 0.25) is 11.8 Å². The molecule has 1 saturated carbocycles. The summed E-state index contributed by atoms with van der Waals surface area (Å²) in [5, 5.41) is 9.45. The first-order valence-corrected chi connectivity index (χ1v) is 14.7. The van der Waals surface area contributed by atoms with Gasteiger partial charge in [-0.3, -0.25) is 24.7 Å². The largest absolute Gasteiger partial charge is 0.350 e. The third-order valence-electron chi connectivity index (χ3n) is 9.41. The number of rotatable bonds is 6. The highest BCUT2D eigenvalue weighted by Gasteiger charge is 2.46. The number of halogens is 2. The number of carbonyl (C=O) groups excluding carboxylic acids is 2.